The van der Waals surface area contributed by atoms with Crippen LogP contribution in [0.1, 0.15) is 24.3 Å². The van der Waals surface area contributed by atoms with E-state index in [9.17, 15) is 4.79 Å². The van der Waals surface area contributed by atoms with Crippen molar-refractivity contribution in [3.05, 3.63) is 53.8 Å². The Kier molecular flexibility index (Phi) is 3.86. The zero-order chi connectivity index (χ0) is 14.7. The summed E-state index contributed by atoms with van der Waals surface area (Å²) in [6.45, 7) is 1.49. The van der Waals surface area contributed by atoms with Gasteiger partial charge in [0.25, 0.3) is 0 Å². The van der Waals surface area contributed by atoms with Crippen LogP contribution in [-0.2, 0) is 0 Å². The Morgan fingerprint density at radius 2 is 1.90 bits per heavy atom. The SMILES string of the molecule is BC(=O)N1CCC(=C(c2ccccc2)c2nnco2)CC1. The van der Waals surface area contributed by atoms with Gasteiger partial charge in [-0.3, -0.25) is 4.79 Å². The van der Waals surface area contributed by atoms with Gasteiger partial charge < -0.3 is 9.32 Å². The van der Waals surface area contributed by atoms with E-state index in [2.05, 4.69) is 10.2 Å². The van der Waals surface area contributed by atoms with Gasteiger partial charge in [0.2, 0.25) is 20.1 Å². The molecule has 1 aromatic heterocycles. The fourth-order valence-corrected chi connectivity index (χ4v) is 2.71. The number of amides is 1. The summed E-state index contributed by atoms with van der Waals surface area (Å²) in [7, 11) is 1.62. The molecule has 1 aliphatic rings. The molecule has 106 valence electrons. The number of rotatable bonds is 2. The molecular formula is C15H16BN3O2. The van der Waals surface area contributed by atoms with Crippen molar-refractivity contribution in [2.24, 2.45) is 0 Å². The maximum Gasteiger partial charge on any atom is 0.247 e. The van der Waals surface area contributed by atoms with E-state index in [-0.39, 0.29) is 5.81 Å². The van der Waals surface area contributed by atoms with Crippen LogP contribution in [0.3, 0.4) is 0 Å². The second-order valence-electron chi connectivity index (χ2n) is 5.09. The van der Waals surface area contributed by atoms with Gasteiger partial charge in [-0.15, -0.1) is 10.2 Å². The lowest BCUT2D eigenvalue weighted by atomic mass is 9.92. The standard InChI is InChI=1S/C15H16BN3O2/c16-15(20)19-8-6-12(7-9-19)13(14-18-17-10-21-14)11-4-2-1-3-5-11/h1-5,10H,6-9,16H2. The first-order valence-corrected chi connectivity index (χ1v) is 7.05. The summed E-state index contributed by atoms with van der Waals surface area (Å²) in [6, 6.07) is 10.1. The summed E-state index contributed by atoms with van der Waals surface area (Å²) in [6.07, 6.45) is 3.03. The minimum Gasteiger partial charge on any atom is -0.423 e. The Morgan fingerprint density at radius 1 is 1.19 bits per heavy atom. The number of hydrogen-bond acceptors (Lipinski definition) is 4. The highest BCUT2D eigenvalue weighted by Gasteiger charge is 2.22. The third-order valence-corrected chi connectivity index (χ3v) is 3.80. The molecule has 5 nitrogen and oxygen atoms in total. The number of benzene rings is 1. The first-order valence-electron chi connectivity index (χ1n) is 7.05. The van der Waals surface area contributed by atoms with Crippen LogP contribution in [0, 0.1) is 0 Å². The molecule has 1 fully saturated rings. The van der Waals surface area contributed by atoms with Gasteiger partial charge in [-0.1, -0.05) is 35.9 Å². The van der Waals surface area contributed by atoms with Crippen molar-refractivity contribution in [3.8, 4) is 0 Å². The third-order valence-electron chi connectivity index (χ3n) is 3.80. The molecule has 0 unspecified atom stereocenters. The Labute approximate surface area is 124 Å². The zero-order valence-corrected chi connectivity index (χ0v) is 12.0. The van der Waals surface area contributed by atoms with Gasteiger partial charge in [-0.05, 0) is 18.4 Å². The third kappa shape index (κ3) is 2.89. The topological polar surface area (TPSA) is 59.2 Å². The number of hydrogen-bond donors (Lipinski definition) is 0. The summed E-state index contributed by atoms with van der Waals surface area (Å²) in [5, 5.41) is 7.86. The second kappa shape index (κ2) is 5.95. The average Bonchev–Trinajstić information content (AvgIpc) is 3.03. The fourth-order valence-electron chi connectivity index (χ4n) is 2.71. The average molecular weight is 281 g/mol. The molecule has 1 aromatic carbocycles. The predicted molar refractivity (Wildman–Crippen MR) is 81.5 cm³/mol. The van der Waals surface area contributed by atoms with E-state index in [4.69, 9.17) is 4.42 Å². The summed E-state index contributed by atoms with van der Waals surface area (Å²) in [5.74, 6) is 0.681. The van der Waals surface area contributed by atoms with Crippen molar-refractivity contribution in [2.75, 3.05) is 13.1 Å². The monoisotopic (exact) mass is 281 g/mol. The number of carbonyl (C=O) groups excluding carboxylic acids is 1. The summed E-state index contributed by atoms with van der Waals surface area (Å²) < 4.78 is 5.42. The van der Waals surface area contributed by atoms with Gasteiger partial charge in [0.15, 0.2) is 5.81 Å². The summed E-state index contributed by atoms with van der Waals surface area (Å²) >= 11 is 0. The van der Waals surface area contributed by atoms with Crippen LogP contribution in [0.4, 0.5) is 4.79 Å². The first-order chi connectivity index (χ1) is 10.3. The Morgan fingerprint density at radius 3 is 2.48 bits per heavy atom. The molecule has 1 saturated heterocycles. The summed E-state index contributed by atoms with van der Waals surface area (Å²) in [5.41, 5.74) is 3.35. The first kappa shape index (κ1) is 13.6. The van der Waals surface area contributed by atoms with E-state index in [1.54, 1.807) is 7.85 Å². The number of carbonyl (C=O) groups is 1. The van der Waals surface area contributed by atoms with Crippen molar-refractivity contribution in [3.63, 3.8) is 0 Å². The van der Waals surface area contributed by atoms with Crippen molar-refractivity contribution in [1.29, 1.82) is 0 Å². The quantitative estimate of drug-likeness (QED) is 0.786. The molecule has 0 aliphatic carbocycles. The molecule has 2 heterocycles. The highest BCUT2D eigenvalue weighted by molar-refractivity contribution is 6.56. The normalized spacial score (nSPS) is 15.0. The fraction of sp³-hybridized carbons (Fsp3) is 0.267. The van der Waals surface area contributed by atoms with Gasteiger partial charge in [0, 0.05) is 18.7 Å². The Bertz CT molecular complexity index is 643. The highest BCUT2D eigenvalue weighted by atomic mass is 16.4. The van der Waals surface area contributed by atoms with Crippen LogP contribution in [0.15, 0.2) is 46.7 Å². The van der Waals surface area contributed by atoms with Crippen LogP contribution < -0.4 is 0 Å². The molecule has 1 aliphatic heterocycles. The minimum atomic E-state index is 0.133. The van der Waals surface area contributed by atoms with Crippen molar-refractivity contribution < 1.29 is 9.21 Å². The van der Waals surface area contributed by atoms with Gasteiger partial charge in [-0.25, -0.2) is 0 Å². The molecule has 3 rings (SSSR count). The van der Waals surface area contributed by atoms with E-state index in [0.29, 0.717) is 5.89 Å². The second-order valence-corrected chi connectivity index (χ2v) is 5.09. The molecule has 0 spiro atoms. The molecular weight excluding hydrogens is 265 g/mol. The molecule has 0 bridgehead atoms. The Hall–Kier alpha value is -2.37. The lowest BCUT2D eigenvalue weighted by Gasteiger charge is -2.29. The van der Waals surface area contributed by atoms with Crippen molar-refractivity contribution in [2.45, 2.75) is 12.8 Å². The highest BCUT2D eigenvalue weighted by Crippen LogP contribution is 2.31. The number of aromatic nitrogens is 2. The molecule has 1 amide bonds. The molecule has 2 aromatic rings. The van der Waals surface area contributed by atoms with Crippen LogP contribution in [0.25, 0.3) is 5.57 Å². The van der Waals surface area contributed by atoms with Gasteiger partial charge >= 0.3 is 0 Å². The minimum absolute atomic E-state index is 0.133. The van der Waals surface area contributed by atoms with Gasteiger partial charge in [0.05, 0.1) is 0 Å². The van der Waals surface area contributed by atoms with Crippen molar-refractivity contribution >= 4 is 19.2 Å². The molecule has 0 radical (unpaired) electrons. The molecule has 6 heteroatoms. The van der Waals surface area contributed by atoms with E-state index in [1.165, 1.54) is 12.0 Å². The number of likely N-dealkylation sites (tertiary alicyclic amines) is 1. The molecule has 0 N–H and O–H groups in total. The maximum atomic E-state index is 11.4. The van der Waals surface area contributed by atoms with E-state index in [0.717, 1.165) is 37.1 Å². The largest absolute Gasteiger partial charge is 0.423 e. The van der Waals surface area contributed by atoms with Gasteiger partial charge in [0.1, 0.15) is 0 Å². The van der Waals surface area contributed by atoms with E-state index in [1.807, 2.05) is 35.2 Å². The van der Waals surface area contributed by atoms with Gasteiger partial charge in [-0.2, -0.15) is 0 Å². The lowest BCUT2D eigenvalue weighted by molar-refractivity contribution is 0.217. The number of piperidine rings is 1. The number of nitrogens with zero attached hydrogens (tertiary/aromatic N) is 3. The van der Waals surface area contributed by atoms with Crippen LogP contribution in [0.5, 0.6) is 0 Å². The molecule has 21 heavy (non-hydrogen) atoms. The van der Waals surface area contributed by atoms with E-state index >= 15 is 0 Å². The summed E-state index contributed by atoms with van der Waals surface area (Å²) in [4.78, 5) is 13.3. The lowest BCUT2D eigenvalue weighted by Crippen LogP contribution is -2.35. The predicted octanol–water partition coefficient (Wildman–Crippen LogP) is 1.72. The maximum absolute atomic E-state index is 11.4. The van der Waals surface area contributed by atoms with Crippen LogP contribution in [0.2, 0.25) is 0 Å². The van der Waals surface area contributed by atoms with Crippen LogP contribution >= 0.6 is 0 Å². The Balaban J connectivity index is 1.97. The molecule has 0 saturated carbocycles. The van der Waals surface area contributed by atoms with Crippen molar-refractivity contribution in [1.82, 2.24) is 15.1 Å². The van der Waals surface area contributed by atoms with E-state index < -0.39 is 0 Å². The molecule has 0 atom stereocenters. The smallest absolute Gasteiger partial charge is 0.247 e. The van der Waals surface area contributed by atoms with Crippen LogP contribution in [-0.4, -0.2) is 41.8 Å². The zero-order valence-electron chi connectivity index (χ0n) is 12.0.